The molecule has 1 fully saturated rings. The summed E-state index contributed by atoms with van der Waals surface area (Å²) in [6, 6.07) is 4.63. The first kappa shape index (κ1) is 17.2. The molecule has 23 heavy (non-hydrogen) atoms. The van der Waals surface area contributed by atoms with E-state index in [1.165, 1.54) is 18.1 Å². The zero-order valence-corrected chi connectivity index (χ0v) is 13.7. The van der Waals surface area contributed by atoms with E-state index in [1.807, 2.05) is 0 Å². The third kappa shape index (κ3) is 4.68. The van der Waals surface area contributed by atoms with Crippen LogP contribution in [0.2, 0.25) is 0 Å². The highest BCUT2D eigenvalue weighted by molar-refractivity contribution is 5.84. The highest BCUT2D eigenvalue weighted by atomic mass is 19.1. The predicted octanol–water partition coefficient (Wildman–Crippen LogP) is 2.20. The van der Waals surface area contributed by atoms with Crippen molar-refractivity contribution in [2.75, 3.05) is 27.2 Å². The number of benzene rings is 1. The van der Waals surface area contributed by atoms with E-state index in [1.54, 1.807) is 24.1 Å². The highest BCUT2D eigenvalue weighted by Gasteiger charge is 2.21. The number of carbonyl (C=O) groups is 2. The van der Waals surface area contributed by atoms with Crippen LogP contribution in [-0.2, 0) is 16.1 Å². The molecule has 5 nitrogen and oxygen atoms in total. The zero-order valence-electron chi connectivity index (χ0n) is 13.7. The zero-order chi connectivity index (χ0) is 16.8. The van der Waals surface area contributed by atoms with E-state index in [-0.39, 0.29) is 24.1 Å². The van der Waals surface area contributed by atoms with Gasteiger partial charge in [-0.3, -0.25) is 9.59 Å². The number of likely N-dealkylation sites (N-methyl/N-ethyl adjacent to an activating group) is 1. The molecule has 1 aliphatic heterocycles. The molecule has 0 N–H and O–H groups in total. The smallest absolute Gasteiger partial charge is 0.242 e. The number of amides is 2. The molecule has 0 bridgehead atoms. The molecule has 1 aromatic rings. The van der Waals surface area contributed by atoms with Crippen molar-refractivity contribution >= 4 is 11.8 Å². The van der Waals surface area contributed by atoms with Gasteiger partial charge < -0.3 is 14.5 Å². The number of hydrogen-bond donors (Lipinski definition) is 0. The van der Waals surface area contributed by atoms with Gasteiger partial charge in [-0.1, -0.05) is 12.5 Å². The second kappa shape index (κ2) is 7.94. The third-order valence-corrected chi connectivity index (χ3v) is 4.06. The van der Waals surface area contributed by atoms with Gasteiger partial charge in [-0.25, -0.2) is 4.39 Å². The van der Waals surface area contributed by atoms with E-state index in [0.717, 1.165) is 19.3 Å². The minimum absolute atomic E-state index is 0.0414. The Labute approximate surface area is 136 Å². The molecule has 0 atom stereocenters. The average molecular weight is 322 g/mol. The van der Waals surface area contributed by atoms with Crippen molar-refractivity contribution in [1.29, 1.82) is 0 Å². The first-order valence-electron chi connectivity index (χ1n) is 7.85. The van der Waals surface area contributed by atoms with Crippen molar-refractivity contribution in [3.05, 3.63) is 29.6 Å². The van der Waals surface area contributed by atoms with Crippen LogP contribution in [0.25, 0.3) is 0 Å². The minimum Gasteiger partial charge on any atom is -0.494 e. The minimum atomic E-state index is -0.450. The molecule has 1 aliphatic rings. The summed E-state index contributed by atoms with van der Waals surface area (Å²) in [5.41, 5.74) is 0.682. The van der Waals surface area contributed by atoms with Gasteiger partial charge >= 0.3 is 0 Å². The summed E-state index contributed by atoms with van der Waals surface area (Å²) in [5.74, 6) is -0.373. The fraction of sp³-hybridized carbons (Fsp3) is 0.529. The number of likely N-dealkylation sites (tertiary alicyclic amines) is 1. The number of nitrogens with zero attached hydrogens (tertiary/aromatic N) is 2. The maximum absolute atomic E-state index is 13.7. The number of hydrogen-bond acceptors (Lipinski definition) is 3. The number of rotatable bonds is 5. The lowest BCUT2D eigenvalue weighted by molar-refractivity contribution is -0.139. The number of halogens is 1. The lowest BCUT2D eigenvalue weighted by Gasteiger charge is -2.24. The summed E-state index contributed by atoms with van der Waals surface area (Å²) >= 11 is 0. The number of methoxy groups -OCH3 is 1. The third-order valence-electron chi connectivity index (χ3n) is 4.06. The maximum Gasteiger partial charge on any atom is 0.242 e. The van der Waals surface area contributed by atoms with Crippen LogP contribution in [0.4, 0.5) is 4.39 Å². The van der Waals surface area contributed by atoms with E-state index in [2.05, 4.69) is 0 Å². The molecule has 1 saturated heterocycles. The molecule has 6 heteroatoms. The van der Waals surface area contributed by atoms with E-state index in [9.17, 15) is 14.0 Å². The number of carbonyl (C=O) groups excluding carboxylic acids is 2. The molecule has 0 unspecified atom stereocenters. The SMILES string of the molecule is COc1ccc(CN(C)C(=O)CN2CCCCCC2=O)cc1F. The Kier molecular flexibility index (Phi) is 5.96. The quantitative estimate of drug-likeness (QED) is 0.835. The van der Waals surface area contributed by atoms with Gasteiger partial charge in [0.05, 0.1) is 13.7 Å². The van der Waals surface area contributed by atoms with Crippen molar-refractivity contribution in [3.63, 3.8) is 0 Å². The van der Waals surface area contributed by atoms with Crippen molar-refractivity contribution in [2.45, 2.75) is 32.2 Å². The van der Waals surface area contributed by atoms with E-state index < -0.39 is 5.82 Å². The van der Waals surface area contributed by atoms with Gasteiger partial charge in [-0.2, -0.15) is 0 Å². The van der Waals surface area contributed by atoms with Gasteiger partial charge in [0.25, 0.3) is 0 Å². The summed E-state index contributed by atoms with van der Waals surface area (Å²) in [6.45, 7) is 1.02. The Morgan fingerprint density at radius 2 is 2.13 bits per heavy atom. The van der Waals surface area contributed by atoms with E-state index in [0.29, 0.717) is 25.1 Å². The molecule has 1 aromatic carbocycles. The predicted molar refractivity (Wildman–Crippen MR) is 84.5 cm³/mol. The van der Waals surface area contributed by atoms with Gasteiger partial charge in [0, 0.05) is 26.6 Å². The van der Waals surface area contributed by atoms with Gasteiger partial charge in [0.15, 0.2) is 11.6 Å². The average Bonchev–Trinajstić information content (AvgIpc) is 2.72. The lowest BCUT2D eigenvalue weighted by atomic mass is 10.2. The monoisotopic (exact) mass is 322 g/mol. The van der Waals surface area contributed by atoms with Crippen LogP contribution in [0.5, 0.6) is 5.75 Å². The van der Waals surface area contributed by atoms with Crippen LogP contribution < -0.4 is 4.74 Å². The van der Waals surface area contributed by atoms with Crippen molar-refractivity contribution in [2.24, 2.45) is 0 Å². The second-order valence-electron chi connectivity index (χ2n) is 5.84. The largest absolute Gasteiger partial charge is 0.494 e. The fourth-order valence-corrected chi connectivity index (χ4v) is 2.66. The van der Waals surface area contributed by atoms with Gasteiger partial charge in [0.1, 0.15) is 0 Å². The van der Waals surface area contributed by atoms with Crippen molar-refractivity contribution in [3.8, 4) is 5.75 Å². The van der Waals surface area contributed by atoms with Crippen LogP contribution in [0.3, 0.4) is 0 Å². The second-order valence-corrected chi connectivity index (χ2v) is 5.84. The summed E-state index contributed by atoms with van der Waals surface area (Å²) in [5, 5.41) is 0. The Hall–Kier alpha value is -2.11. The van der Waals surface area contributed by atoms with Gasteiger partial charge in [-0.05, 0) is 30.5 Å². The van der Waals surface area contributed by atoms with Gasteiger partial charge in [-0.15, -0.1) is 0 Å². The Morgan fingerprint density at radius 1 is 1.35 bits per heavy atom. The van der Waals surface area contributed by atoms with Crippen molar-refractivity contribution in [1.82, 2.24) is 9.80 Å². The van der Waals surface area contributed by atoms with Crippen molar-refractivity contribution < 1.29 is 18.7 Å². The molecule has 0 radical (unpaired) electrons. The topological polar surface area (TPSA) is 49.9 Å². The van der Waals surface area contributed by atoms with Crippen LogP contribution in [-0.4, -0.2) is 48.9 Å². The molecule has 2 amide bonds. The summed E-state index contributed by atoms with van der Waals surface area (Å²) in [7, 11) is 3.07. The lowest BCUT2D eigenvalue weighted by Crippen LogP contribution is -2.41. The first-order valence-corrected chi connectivity index (χ1v) is 7.85. The standard InChI is InChI=1S/C17H23FN2O3/c1-19(11-13-7-8-15(23-2)14(18)10-13)17(22)12-20-9-5-3-4-6-16(20)21/h7-8,10H,3-6,9,11-12H2,1-2H3. The molecule has 0 aromatic heterocycles. The van der Waals surface area contributed by atoms with Crippen LogP contribution in [0.15, 0.2) is 18.2 Å². The molecular weight excluding hydrogens is 299 g/mol. The Bertz CT molecular complexity index is 577. The van der Waals surface area contributed by atoms with Gasteiger partial charge in [0.2, 0.25) is 11.8 Å². The number of ether oxygens (including phenoxy) is 1. The van der Waals surface area contributed by atoms with Crippen LogP contribution in [0, 0.1) is 5.82 Å². The molecule has 0 aliphatic carbocycles. The molecular formula is C17H23FN2O3. The Morgan fingerprint density at radius 3 is 2.83 bits per heavy atom. The van der Waals surface area contributed by atoms with Crippen LogP contribution >= 0.6 is 0 Å². The van der Waals surface area contributed by atoms with Crippen LogP contribution in [0.1, 0.15) is 31.2 Å². The first-order chi connectivity index (χ1) is 11.0. The normalized spacial score (nSPS) is 15.3. The molecule has 0 spiro atoms. The summed E-state index contributed by atoms with van der Waals surface area (Å²) in [6.07, 6.45) is 3.37. The summed E-state index contributed by atoms with van der Waals surface area (Å²) in [4.78, 5) is 27.4. The summed E-state index contributed by atoms with van der Waals surface area (Å²) < 4.78 is 18.6. The molecule has 2 rings (SSSR count). The molecule has 0 saturated carbocycles. The maximum atomic E-state index is 13.7. The molecule has 126 valence electrons. The molecule has 1 heterocycles. The fourth-order valence-electron chi connectivity index (χ4n) is 2.66. The van der Waals surface area contributed by atoms with E-state index in [4.69, 9.17) is 4.74 Å². The Balaban J connectivity index is 1.94. The highest BCUT2D eigenvalue weighted by Crippen LogP contribution is 2.18. The van der Waals surface area contributed by atoms with E-state index >= 15 is 0 Å².